The molecule has 1 amide bonds. The van der Waals surface area contributed by atoms with E-state index in [0.29, 0.717) is 12.5 Å². The lowest BCUT2D eigenvalue weighted by molar-refractivity contribution is -0.121. The van der Waals surface area contributed by atoms with Crippen molar-refractivity contribution in [2.24, 2.45) is 5.92 Å². The van der Waals surface area contributed by atoms with E-state index in [1.54, 1.807) is 0 Å². The predicted molar refractivity (Wildman–Crippen MR) is 80.3 cm³/mol. The first-order chi connectivity index (χ1) is 8.90. The molecule has 0 fully saturated rings. The molecular formula is C15H23ClN2O. The highest BCUT2D eigenvalue weighted by atomic mass is 35.5. The maximum absolute atomic E-state index is 11.8. The fourth-order valence-corrected chi connectivity index (χ4v) is 1.71. The van der Waals surface area contributed by atoms with E-state index in [9.17, 15) is 4.79 Å². The van der Waals surface area contributed by atoms with E-state index in [2.05, 4.69) is 24.5 Å². The third kappa shape index (κ3) is 5.62. The molecule has 1 aromatic rings. The molecule has 19 heavy (non-hydrogen) atoms. The second-order valence-electron chi connectivity index (χ2n) is 5.25. The number of hydrogen-bond acceptors (Lipinski definition) is 2. The molecule has 0 heterocycles. The third-order valence-corrected chi connectivity index (χ3v) is 3.58. The van der Waals surface area contributed by atoms with Crippen LogP contribution in [-0.2, 0) is 4.79 Å². The molecule has 0 bridgehead atoms. The summed E-state index contributed by atoms with van der Waals surface area (Å²) in [6, 6.07) is 7.97. The largest absolute Gasteiger partial charge is 0.352 e. The first kappa shape index (κ1) is 16.0. The maximum Gasteiger partial charge on any atom is 0.234 e. The molecule has 0 aliphatic rings. The Morgan fingerprint density at radius 2 is 1.74 bits per heavy atom. The molecule has 0 aliphatic heterocycles. The molecule has 2 N–H and O–H groups in total. The van der Waals surface area contributed by atoms with Crippen molar-refractivity contribution in [3.05, 3.63) is 34.9 Å². The Kier molecular flexibility index (Phi) is 6.32. The molecule has 0 aliphatic carbocycles. The van der Waals surface area contributed by atoms with Crippen molar-refractivity contribution in [2.45, 2.75) is 39.8 Å². The zero-order valence-corrected chi connectivity index (χ0v) is 12.8. The normalized spacial score (nSPS) is 14.2. The quantitative estimate of drug-likeness (QED) is 0.841. The molecule has 2 unspecified atom stereocenters. The van der Waals surface area contributed by atoms with Crippen molar-refractivity contribution in [1.82, 2.24) is 10.6 Å². The van der Waals surface area contributed by atoms with Crippen LogP contribution in [0.2, 0.25) is 5.02 Å². The van der Waals surface area contributed by atoms with Gasteiger partial charge >= 0.3 is 0 Å². The van der Waals surface area contributed by atoms with Gasteiger partial charge in [0.2, 0.25) is 5.91 Å². The van der Waals surface area contributed by atoms with Crippen LogP contribution >= 0.6 is 11.6 Å². The van der Waals surface area contributed by atoms with Crippen LogP contribution in [-0.4, -0.2) is 18.5 Å². The first-order valence-electron chi connectivity index (χ1n) is 6.68. The Bertz CT molecular complexity index is 403. The third-order valence-electron chi connectivity index (χ3n) is 3.33. The van der Waals surface area contributed by atoms with Gasteiger partial charge in [0.05, 0.1) is 6.54 Å². The number of amides is 1. The lowest BCUT2D eigenvalue weighted by atomic mass is 10.1. The summed E-state index contributed by atoms with van der Waals surface area (Å²) in [5.41, 5.74) is 1.12. The van der Waals surface area contributed by atoms with Gasteiger partial charge in [-0.15, -0.1) is 0 Å². The summed E-state index contributed by atoms with van der Waals surface area (Å²) < 4.78 is 0. The molecule has 106 valence electrons. The summed E-state index contributed by atoms with van der Waals surface area (Å²) in [7, 11) is 0. The van der Waals surface area contributed by atoms with Crippen molar-refractivity contribution in [1.29, 1.82) is 0 Å². The molecule has 0 radical (unpaired) electrons. The van der Waals surface area contributed by atoms with Gasteiger partial charge in [-0.3, -0.25) is 4.79 Å². The van der Waals surface area contributed by atoms with E-state index in [1.165, 1.54) is 0 Å². The number of carbonyl (C=O) groups is 1. The van der Waals surface area contributed by atoms with E-state index in [-0.39, 0.29) is 18.0 Å². The number of hydrogen-bond donors (Lipinski definition) is 2. The lowest BCUT2D eigenvalue weighted by Gasteiger charge is -2.19. The smallest absolute Gasteiger partial charge is 0.234 e. The SMILES string of the molecule is CC(NCC(=O)NC(C)C(C)C)c1ccc(Cl)cc1. The average Bonchev–Trinajstić information content (AvgIpc) is 2.36. The van der Waals surface area contributed by atoms with Crippen LogP contribution in [0.4, 0.5) is 0 Å². The van der Waals surface area contributed by atoms with Crippen LogP contribution in [0, 0.1) is 5.92 Å². The van der Waals surface area contributed by atoms with E-state index >= 15 is 0 Å². The molecule has 2 atom stereocenters. The van der Waals surface area contributed by atoms with E-state index < -0.39 is 0 Å². The minimum absolute atomic E-state index is 0.0296. The second kappa shape index (κ2) is 7.51. The minimum atomic E-state index is 0.0296. The monoisotopic (exact) mass is 282 g/mol. The zero-order chi connectivity index (χ0) is 14.4. The molecule has 0 saturated heterocycles. The van der Waals surface area contributed by atoms with E-state index in [0.717, 1.165) is 10.6 Å². The maximum atomic E-state index is 11.8. The highest BCUT2D eigenvalue weighted by Crippen LogP contribution is 2.15. The number of rotatable bonds is 6. The Labute approximate surface area is 120 Å². The molecule has 1 aromatic carbocycles. The van der Waals surface area contributed by atoms with E-state index in [4.69, 9.17) is 11.6 Å². The molecule has 3 nitrogen and oxygen atoms in total. The lowest BCUT2D eigenvalue weighted by Crippen LogP contribution is -2.41. The number of halogens is 1. The van der Waals surface area contributed by atoms with Gasteiger partial charge in [-0.1, -0.05) is 37.6 Å². The molecule has 0 saturated carbocycles. The van der Waals surface area contributed by atoms with Crippen molar-refractivity contribution < 1.29 is 4.79 Å². The van der Waals surface area contributed by atoms with Gasteiger partial charge in [0.15, 0.2) is 0 Å². The number of benzene rings is 1. The van der Waals surface area contributed by atoms with Crippen LogP contribution in [0.25, 0.3) is 0 Å². The van der Waals surface area contributed by atoms with Gasteiger partial charge in [-0.05, 0) is 37.5 Å². The number of nitrogens with one attached hydrogen (secondary N) is 2. The fraction of sp³-hybridized carbons (Fsp3) is 0.533. The van der Waals surface area contributed by atoms with Crippen LogP contribution in [0.15, 0.2) is 24.3 Å². The van der Waals surface area contributed by atoms with Crippen LogP contribution in [0.1, 0.15) is 39.3 Å². The van der Waals surface area contributed by atoms with Gasteiger partial charge in [0, 0.05) is 17.1 Å². The Hall–Kier alpha value is -1.06. The summed E-state index contributed by atoms with van der Waals surface area (Å²) in [6.07, 6.45) is 0. The second-order valence-corrected chi connectivity index (χ2v) is 5.69. The van der Waals surface area contributed by atoms with Crippen molar-refractivity contribution >= 4 is 17.5 Å². The Morgan fingerprint density at radius 1 is 1.16 bits per heavy atom. The van der Waals surface area contributed by atoms with Gasteiger partial charge in [-0.25, -0.2) is 0 Å². The summed E-state index contributed by atoms with van der Waals surface area (Å²) in [6.45, 7) is 8.55. The Balaban J connectivity index is 2.39. The van der Waals surface area contributed by atoms with Gasteiger partial charge in [0.1, 0.15) is 0 Å². The zero-order valence-electron chi connectivity index (χ0n) is 12.0. The summed E-state index contributed by atoms with van der Waals surface area (Å²) in [5, 5.41) is 6.90. The highest BCUT2D eigenvalue weighted by molar-refractivity contribution is 6.30. The van der Waals surface area contributed by atoms with Crippen LogP contribution in [0.5, 0.6) is 0 Å². The molecule has 1 rings (SSSR count). The van der Waals surface area contributed by atoms with Crippen LogP contribution in [0.3, 0.4) is 0 Å². The molecule has 0 aromatic heterocycles. The Morgan fingerprint density at radius 3 is 2.26 bits per heavy atom. The fourth-order valence-electron chi connectivity index (χ4n) is 1.59. The average molecular weight is 283 g/mol. The van der Waals surface area contributed by atoms with Gasteiger partial charge < -0.3 is 10.6 Å². The molecule has 0 spiro atoms. The van der Waals surface area contributed by atoms with Crippen molar-refractivity contribution in [3.8, 4) is 0 Å². The molecule has 4 heteroatoms. The van der Waals surface area contributed by atoms with Crippen LogP contribution < -0.4 is 10.6 Å². The van der Waals surface area contributed by atoms with Gasteiger partial charge in [-0.2, -0.15) is 0 Å². The van der Waals surface area contributed by atoms with Crippen molar-refractivity contribution in [3.63, 3.8) is 0 Å². The topological polar surface area (TPSA) is 41.1 Å². The number of carbonyl (C=O) groups excluding carboxylic acids is 1. The van der Waals surface area contributed by atoms with E-state index in [1.807, 2.05) is 38.1 Å². The van der Waals surface area contributed by atoms with Crippen molar-refractivity contribution in [2.75, 3.05) is 6.54 Å². The summed E-state index contributed by atoms with van der Waals surface area (Å²) in [5.74, 6) is 0.472. The standard InChI is InChI=1S/C15H23ClN2O/c1-10(2)11(3)18-15(19)9-17-12(4)13-5-7-14(16)8-6-13/h5-8,10-12,17H,9H2,1-4H3,(H,18,19). The first-order valence-corrected chi connectivity index (χ1v) is 7.06. The van der Waals surface area contributed by atoms with Gasteiger partial charge in [0.25, 0.3) is 0 Å². The minimum Gasteiger partial charge on any atom is -0.352 e. The summed E-state index contributed by atoms with van der Waals surface area (Å²) in [4.78, 5) is 11.8. The molecular weight excluding hydrogens is 260 g/mol. The summed E-state index contributed by atoms with van der Waals surface area (Å²) >= 11 is 5.85. The predicted octanol–water partition coefficient (Wildman–Crippen LogP) is 3.15. The highest BCUT2D eigenvalue weighted by Gasteiger charge is 2.12.